The van der Waals surface area contributed by atoms with Crippen molar-refractivity contribution in [1.82, 2.24) is 9.38 Å². The van der Waals surface area contributed by atoms with Crippen LogP contribution in [0.2, 0.25) is 0 Å². The number of Topliss-reactive ketones (excluding diaryl/α,β-unsaturated/α-hetero) is 1. The van der Waals surface area contributed by atoms with E-state index < -0.39 is 0 Å². The third-order valence-corrected chi connectivity index (χ3v) is 3.64. The highest BCUT2D eigenvalue weighted by molar-refractivity contribution is 6.15. The van der Waals surface area contributed by atoms with Gasteiger partial charge in [-0.25, -0.2) is 4.98 Å². The maximum atomic E-state index is 12.3. The molecule has 20 heavy (non-hydrogen) atoms. The van der Waals surface area contributed by atoms with E-state index in [0.29, 0.717) is 6.42 Å². The van der Waals surface area contributed by atoms with Crippen LogP contribution in [-0.4, -0.2) is 15.2 Å². The number of benzene rings is 1. The van der Waals surface area contributed by atoms with Gasteiger partial charge in [0.15, 0.2) is 5.78 Å². The molecule has 0 saturated carbocycles. The monoisotopic (exact) mass is 260 g/mol. The second kappa shape index (κ2) is 4.17. The van der Waals surface area contributed by atoms with Crippen molar-refractivity contribution in [3.05, 3.63) is 77.3 Å². The molecule has 1 aromatic carbocycles. The normalized spacial score (nSPS) is 16.0. The number of nitrogens with zero attached hydrogens (tertiary/aromatic N) is 2. The first kappa shape index (κ1) is 11.2. The number of hydrogen-bond acceptors (Lipinski definition) is 2. The van der Waals surface area contributed by atoms with Crippen LogP contribution >= 0.6 is 0 Å². The Kier molecular flexibility index (Phi) is 2.33. The highest BCUT2D eigenvalue weighted by Crippen LogP contribution is 2.27. The number of allylic oxidation sites excluding steroid dienone is 1. The summed E-state index contributed by atoms with van der Waals surface area (Å²) in [7, 11) is 0. The van der Waals surface area contributed by atoms with Gasteiger partial charge in [0.05, 0.1) is 5.69 Å². The lowest BCUT2D eigenvalue weighted by Gasteiger charge is -1.92. The Balaban J connectivity index is 1.77. The van der Waals surface area contributed by atoms with E-state index in [1.807, 2.05) is 65.3 Å². The Morgan fingerprint density at radius 1 is 1.10 bits per heavy atom. The van der Waals surface area contributed by atoms with Crippen molar-refractivity contribution in [2.75, 3.05) is 0 Å². The first-order valence-electron chi connectivity index (χ1n) is 6.58. The lowest BCUT2D eigenvalue weighted by molar-refractivity contribution is 0.104. The second-order valence-electron chi connectivity index (χ2n) is 4.96. The molecule has 3 nitrogen and oxygen atoms in total. The van der Waals surface area contributed by atoms with Crippen molar-refractivity contribution < 1.29 is 4.79 Å². The fraction of sp³-hybridized carbons (Fsp3) is 0.0588. The number of rotatable bonds is 1. The number of carbonyl (C=O) groups is 1. The SMILES string of the molecule is O=C1C(=Cc2cn3ccccc3n2)Cc2ccccc21. The maximum absolute atomic E-state index is 12.3. The summed E-state index contributed by atoms with van der Waals surface area (Å²) in [6, 6.07) is 13.6. The second-order valence-corrected chi connectivity index (χ2v) is 4.96. The summed E-state index contributed by atoms with van der Waals surface area (Å²) >= 11 is 0. The van der Waals surface area contributed by atoms with Gasteiger partial charge in [0.25, 0.3) is 0 Å². The Morgan fingerprint density at radius 3 is 2.80 bits per heavy atom. The molecule has 2 aromatic heterocycles. The zero-order valence-electron chi connectivity index (χ0n) is 10.8. The van der Waals surface area contributed by atoms with Gasteiger partial charge in [-0.05, 0) is 23.8 Å². The molecule has 0 N–H and O–H groups in total. The van der Waals surface area contributed by atoms with Crippen molar-refractivity contribution in [1.29, 1.82) is 0 Å². The average molecular weight is 260 g/mol. The van der Waals surface area contributed by atoms with E-state index in [1.54, 1.807) is 0 Å². The van der Waals surface area contributed by atoms with Gasteiger partial charge in [0.2, 0.25) is 0 Å². The first-order valence-corrected chi connectivity index (χ1v) is 6.58. The van der Waals surface area contributed by atoms with Crippen LogP contribution in [0.5, 0.6) is 0 Å². The molecule has 3 aromatic rings. The quantitative estimate of drug-likeness (QED) is 0.630. The van der Waals surface area contributed by atoms with Crippen LogP contribution in [0.15, 0.2) is 60.4 Å². The zero-order chi connectivity index (χ0) is 13.5. The van der Waals surface area contributed by atoms with Gasteiger partial charge in [0, 0.05) is 30.0 Å². The summed E-state index contributed by atoms with van der Waals surface area (Å²) in [4.78, 5) is 16.8. The molecule has 3 heteroatoms. The van der Waals surface area contributed by atoms with Gasteiger partial charge in [-0.2, -0.15) is 0 Å². The number of fused-ring (bicyclic) bond motifs is 2. The molecule has 4 rings (SSSR count). The number of hydrogen-bond donors (Lipinski definition) is 0. The van der Waals surface area contributed by atoms with Crippen LogP contribution in [0.3, 0.4) is 0 Å². The smallest absolute Gasteiger partial charge is 0.189 e. The summed E-state index contributed by atoms with van der Waals surface area (Å²) in [6.07, 6.45) is 6.49. The maximum Gasteiger partial charge on any atom is 0.189 e. The number of carbonyl (C=O) groups excluding carboxylic acids is 1. The minimum atomic E-state index is 0.123. The van der Waals surface area contributed by atoms with Gasteiger partial charge < -0.3 is 4.40 Å². The van der Waals surface area contributed by atoms with Gasteiger partial charge in [-0.1, -0.05) is 30.3 Å². The van der Waals surface area contributed by atoms with E-state index in [0.717, 1.165) is 28.0 Å². The van der Waals surface area contributed by atoms with Gasteiger partial charge in [-0.3, -0.25) is 4.79 Å². The fourth-order valence-corrected chi connectivity index (χ4v) is 2.67. The number of ketones is 1. The predicted octanol–water partition coefficient (Wildman–Crippen LogP) is 3.16. The molecule has 0 atom stereocenters. The van der Waals surface area contributed by atoms with E-state index in [4.69, 9.17) is 0 Å². The number of imidazole rings is 1. The predicted molar refractivity (Wildman–Crippen MR) is 77.6 cm³/mol. The zero-order valence-corrected chi connectivity index (χ0v) is 10.8. The Bertz CT molecular complexity index is 825. The van der Waals surface area contributed by atoms with Crippen LogP contribution in [0.1, 0.15) is 21.6 Å². The van der Waals surface area contributed by atoms with Gasteiger partial charge >= 0.3 is 0 Å². The van der Waals surface area contributed by atoms with Crippen LogP contribution < -0.4 is 0 Å². The van der Waals surface area contributed by atoms with Gasteiger partial charge in [0.1, 0.15) is 5.65 Å². The van der Waals surface area contributed by atoms with Crippen LogP contribution in [0.25, 0.3) is 11.7 Å². The van der Waals surface area contributed by atoms with Crippen LogP contribution in [-0.2, 0) is 6.42 Å². The van der Waals surface area contributed by atoms with Crippen LogP contribution in [0, 0.1) is 0 Å². The van der Waals surface area contributed by atoms with E-state index >= 15 is 0 Å². The van der Waals surface area contributed by atoms with Crippen molar-refractivity contribution in [2.24, 2.45) is 0 Å². The minimum Gasteiger partial charge on any atom is -0.306 e. The lowest BCUT2D eigenvalue weighted by Crippen LogP contribution is -1.94. The Hall–Kier alpha value is -2.68. The molecule has 1 aliphatic carbocycles. The largest absolute Gasteiger partial charge is 0.306 e. The topological polar surface area (TPSA) is 34.4 Å². The van der Waals surface area contributed by atoms with Crippen LogP contribution in [0.4, 0.5) is 0 Å². The van der Waals surface area contributed by atoms with Crippen molar-refractivity contribution in [2.45, 2.75) is 6.42 Å². The standard InChI is InChI=1S/C17H12N2O/c20-17-13(9-12-5-1-2-6-15(12)17)10-14-11-19-8-4-3-7-16(19)18-14/h1-8,10-11H,9H2. The van der Waals surface area contributed by atoms with E-state index in [2.05, 4.69) is 4.98 Å². The highest BCUT2D eigenvalue weighted by Gasteiger charge is 2.24. The third kappa shape index (κ3) is 1.67. The molecular weight excluding hydrogens is 248 g/mol. The molecule has 96 valence electrons. The van der Waals surface area contributed by atoms with Gasteiger partial charge in [-0.15, -0.1) is 0 Å². The molecule has 0 unspecified atom stereocenters. The molecule has 0 amide bonds. The van der Waals surface area contributed by atoms with Crippen molar-refractivity contribution >= 4 is 17.5 Å². The Labute approximate surface area is 116 Å². The van der Waals surface area contributed by atoms with E-state index in [9.17, 15) is 4.79 Å². The first-order chi connectivity index (χ1) is 9.81. The molecule has 2 heterocycles. The molecule has 0 spiro atoms. The number of aromatic nitrogens is 2. The highest BCUT2D eigenvalue weighted by atomic mass is 16.1. The summed E-state index contributed by atoms with van der Waals surface area (Å²) in [5.41, 5.74) is 4.46. The Morgan fingerprint density at radius 2 is 1.95 bits per heavy atom. The average Bonchev–Trinajstić information content (AvgIpc) is 3.01. The summed E-state index contributed by atoms with van der Waals surface area (Å²) in [6.45, 7) is 0. The summed E-state index contributed by atoms with van der Waals surface area (Å²) in [5.74, 6) is 0.123. The van der Waals surface area contributed by atoms with Crippen molar-refractivity contribution in [3.63, 3.8) is 0 Å². The molecule has 0 aliphatic heterocycles. The molecule has 0 fully saturated rings. The molecule has 0 radical (unpaired) electrons. The third-order valence-electron chi connectivity index (χ3n) is 3.64. The number of pyridine rings is 1. The summed E-state index contributed by atoms with van der Waals surface area (Å²) < 4.78 is 1.96. The lowest BCUT2D eigenvalue weighted by atomic mass is 10.1. The van der Waals surface area contributed by atoms with E-state index in [-0.39, 0.29) is 5.78 Å². The van der Waals surface area contributed by atoms with E-state index in [1.165, 1.54) is 0 Å². The fourth-order valence-electron chi connectivity index (χ4n) is 2.67. The summed E-state index contributed by atoms with van der Waals surface area (Å²) in [5, 5.41) is 0. The molecule has 0 saturated heterocycles. The molecular formula is C17H12N2O. The molecule has 1 aliphatic rings. The van der Waals surface area contributed by atoms with Crippen molar-refractivity contribution in [3.8, 4) is 0 Å². The minimum absolute atomic E-state index is 0.123. The molecule has 0 bridgehead atoms.